The van der Waals surface area contributed by atoms with Crippen molar-refractivity contribution in [2.24, 2.45) is 0 Å². The van der Waals surface area contributed by atoms with Gasteiger partial charge in [0.1, 0.15) is 0 Å². The van der Waals surface area contributed by atoms with Gasteiger partial charge in [0, 0.05) is 11.6 Å². The van der Waals surface area contributed by atoms with Crippen molar-refractivity contribution in [3.05, 3.63) is 46.8 Å². The summed E-state index contributed by atoms with van der Waals surface area (Å²) >= 11 is 0. The third-order valence-electron chi connectivity index (χ3n) is 1.63. The van der Waals surface area contributed by atoms with Crippen molar-refractivity contribution in [1.29, 1.82) is 0 Å². The van der Waals surface area contributed by atoms with E-state index in [-0.39, 0.29) is 58.4 Å². The number of pyridine rings is 1. The molecule has 0 aliphatic heterocycles. The van der Waals surface area contributed by atoms with Gasteiger partial charge in [-0.05, 0) is 17.5 Å². The van der Waals surface area contributed by atoms with Crippen molar-refractivity contribution < 1.29 is 70.3 Å². The molecule has 1 heterocycles. The molecule has 1 aromatic carbocycles. The Kier molecular flexibility index (Phi) is 7.36. The molecule has 0 fully saturated rings. The summed E-state index contributed by atoms with van der Waals surface area (Å²) in [7, 11) is -4.67. The molecule has 17 heavy (non-hydrogen) atoms. The molecule has 0 spiro atoms. The molecule has 88 valence electrons. The number of hydrogen-bond donors (Lipinski definition) is 3. The molecule has 0 saturated heterocycles. The van der Waals surface area contributed by atoms with Gasteiger partial charge in [-0.25, -0.2) is 0 Å². The summed E-state index contributed by atoms with van der Waals surface area (Å²) in [5.74, 6) is 0. The second-order valence-corrected chi connectivity index (χ2v) is 3.75. The number of H-pyrrole nitrogens is 1. The van der Waals surface area contributed by atoms with Gasteiger partial charge in [0.05, 0.1) is 0 Å². The summed E-state index contributed by atoms with van der Waals surface area (Å²) in [4.78, 5) is 13.6. The monoisotopic (exact) mass is 283 g/mol. The van der Waals surface area contributed by atoms with Gasteiger partial charge >= 0.3 is 61.8 Å². The Bertz CT molecular complexity index is 634. The van der Waals surface area contributed by atoms with E-state index in [0.717, 1.165) is 10.9 Å². The van der Waals surface area contributed by atoms with Gasteiger partial charge in [-0.1, -0.05) is 18.2 Å². The van der Waals surface area contributed by atoms with Crippen LogP contribution in [0.15, 0.2) is 41.2 Å². The molecule has 0 aliphatic rings. The van der Waals surface area contributed by atoms with Crippen molar-refractivity contribution in [3.63, 3.8) is 0 Å². The Morgan fingerprint density at radius 3 is 2.18 bits per heavy atom. The van der Waals surface area contributed by atoms with Gasteiger partial charge in [0.25, 0.3) is 0 Å². The average Bonchev–Trinajstić information content (AvgIpc) is 2.15. The maximum atomic E-state index is 10.8. The van der Waals surface area contributed by atoms with E-state index in [4.69, 9.17) is 17.5 Å². The van der Waals surface area contributed by atoms with Crippen LogP contribution in [0.3, 0.4) is 0 Å². The van der Waals surface area contributed by atoms with Gasteiger partial charge in [0.15, 0.2) is 0 Å². The first-order valence-corrected chi connectivity index (χ1v) is 5.54. The SMILES string of the molecule is O=S(=O)(O)O.O=c1ccc2ccccc2[nH]1.[H-].[K+]. The minimum absolute atomic E-state index is 0. The summed E-state index contributed by atoms with van der Waals surface area (Å²) in [6, 6.07) is 11.0. The van der Waals surface area contributed by atoms with E-state index in [0.29, 0.717) is 0 Å². The van der Waals surface area contributed by atoms with E-state index in [9.17, 15) is 4.79 Å². The van der Waals surface area contributed by atoms with Crippen LogP contribution in [0.4, 0.5) is 0 Å². The molecule has 0 radical (unpaired) electrons. The zero-order chi connectivity index (χ0) is 12.2. The van der Waals surface area contributed by atoms with Crippen LogP contribution in [-0.4, -0.2) is 22.5 Å². The van der Waals surface area contributed by atoms with Crippen LogP contribution in [0.25, 0.3) is 10.9 Å². The average molecular weight is 283 g/mol. The number of hydrogen-bond acceptors (Lipinski definition) is 3. The normalized spacial score (nSPS) is 10.0. The fourth-order valence-electron chi connectivity index (χ4n) is 1.10. The molecule has 2 aromatic rings. The van der Waals surface area contributed by atoms with Crippen molar-refractivity contribution in [1.82, 2.24) is 4.98 Å². The predicted molar refractivity (Wildman–Crippen MR) is 59.9 cm³/mol. The van der Waals surface area contributed by atoms with Crippen molar-refractivity contribution >= 4 is 21.3 Å². The van der Waals surface area contributed by atoms with E-state index in [1.807, 2.05) is 30.3 Å². The topological polar surface area (TPSA) is 107 Å². The van der Waals surface area contributed by atoms with E-state index in [1.165, 1.54) is 6.07 Å². The minimum Gasteiger partial charge on any atom is -1.00 e. The fourth-order valence-corrected chi connectivity index (χ4v) is 1.10. The van der Waals surface area contributed by atoms with E-state index < -0.39 is 10.4 Å². The molecule has 2 rings (SSSR count). The maximum absolute atomic E-state index is 10.8. The second kappa shape index (κ2) is 7.39. The standard InChI is InChI=1S/C9H7NO.K.H2O4S.H/c11-9-6-5-7-3-1-2-4-8(7)10-9;;1-5(2,3)4;/h1-6H,(H,10,11);;(H2,1,2,3,4);/q;+1;;-1. The molecular formula is C9H10KNO5S. The van der Waals surface area contributed by atoms with Gasteiger partial charge in [0.2, 0.25) is 5.56 Å². The summed E-state index contributed by atoms with van der Waals surface area (Å²) in [5.41, 5.74) is 0.837. The first-order chi connectivity index (χ1) is 7.36. The number of para-hydroxylation sites is 1. The zero-order valence-corrected chi connectivity index (χ0v) is 12.9. The van der Waals surface area contributed by atoms with Crippen LogP contribution in [0.1, 0.15) is 1.43 Å². The summed E-state index contributed by atoms with van der Waals surface area (Å²) < 4.78 is 31.6. The molecule has 6 nitrogen and oxygen atoms in total. The molecule has 0 saturated carbocycles. The van der Waals surface area contributed by atoms with E-state index in [2.05, 4.69) is 4.98 Å². The fraction of sp³-hybridized carbons (Fsp3) is 0. The largest absolute Gasteiger partial charge is 1.00 e. The van der Waals surface area contributed by atoms with Crippen LogP contribution < -0.4 is 56.9 Å². The van der Waals surface area contributed by atoms with Crippen LogP contribution in [0.2, 0.25) is 0 Å². The quantitative estimate of drug-likeness (QED) is 0.382. The molecule has 0 unspecified atom stereocenters. The smallest absolute Gasteiger partial charge is 1.00 e. The first-order valence-electron chi connectivity index (χ1n) is 4.14. The van der Waals surface area contributed by atoms with Crippen LogP contribution in [0.5, 0.6) is 0 Å². The van der Waals surface area contributed by atoms with E-state index in [1.54, 1.807) is 0 Å². The summed E-state index contributed by atoms with van der Waals surface area (Å²) in [5, 5.41) is 1.06. The van der Waals surface area contributed by atoms with Crippen LogP contribution in [-0.2, 0) is 10.4 Å². The number of rotatable bonds is 0. The molecule has 0 amide bonds. The zero-order valence-electron chi connectivity index (χ0n) is 9.99. The Morgan fingerprint density at radius 2 is 1.59 bits per heavy atom. The summed E-state index contributed by atoms with van der Waals surface area (Å²) in [6.07, 6.45) is 0. The second-order valence-electron chi connectivity index (χ2n) is 2.86. The van der Waals surface area contributed by atoms with Gasteiger partial charge in [-0.3, -0.25) is 13.9 Å². The maximum Gasteiger partial charge on any atom is 1.00 e. The van der Waals surface area contributed by atoms with Crippen molar-refractivity contribution in [2.75, 3.05) is 0 Å². The van der Waals surface area contributed by atoms with Gasteiger partial charge in [-0.2, -0.15) is 8.42 Å². The molecule has 1 aromatic heterocycles. The Balaban J connectivity index is 0. The minimum atomic E-state index is -4.67. The molecule has 8 heteroatoms. The number of aromatic nitrogens is 1. The number of aromatic amines is 1. The number of benzene rings is 1. The van der Waals surface area contributed by atoms with Crippen molar-refractivity contribution in [2.45, 2.75) is 0 Å². The van der Waals surface area contributed by atoms with Crippen molar-refractivity contribution in [3.8, 4) is 0 Å². The Morgan fingerprint density at radius 1 is 1.06 bits per heavy atom. The predicted octanol–water partition coefficient (Wildman–Crippen LogP) is -2.01. The molecular weight excluding hydrogens is 273 g/mol. The van der Waals surface area contributed by atoms with Crippen LogP contribution in [0, 0.1) is 0 Å². The third-order valence-corrected chi connectivity index (χ3v) is 1.63. The van der Waals surface area contributed by atoms with Crippen LogP contribution >= 0.6 is 0 Å². The summed E-state index contributed by atoms with van der Waals surface area (Å²) in [6.45, 7) is 0. The van der Waals surface area contributed by atoms with Gasteiger partial charge < -0.3 is 6.41 Å². The van der Waals surface area contributed by atoms with Gasteiger partial charge in [-0.15, -0.1) is 0 Å². The Hall–Kier alpha value is -0.0636. The number of nitrogens with one attached hydrogen (secondary N) is 1. The Labute approximate surface area is 142 Å². The molecule has 0 atom stereocenters. The third kappa shape index (κ3) is 7.79. The molecule has 0 bridgehead atoms. The first kappa shape index (κ1) is 16.9. The molecule has 3 N–H and O–H groups in total. The van der Waals surface area contributed by atoms with E-state index >= 15 is 0 Å². The number of fused-ring (bicyclic) bond motifs is 1. The molecule has 0 aliphatic carbocycles.